The zero-order valence-corrected chi connectivity index (χ0v) is 20.8. The van der Waals surface area contributed by atoms with E-state index in [4.69, 9.17) is 10.6 Å². The molecule has 0 saturated heterocycles. The van der Waals surface area contributed by atoms with Gasteiger partial charge in [0.1, 0.15) is 5.75 Å². The third-order valence-electron chi connectivity index (χ3n) is 5.30. The van der Waals surface area contributed by atoms with Crippen LogP contribution >= 0.6 is 23.1 Å². The van der Waals surface area contributed by atoms with Crippen molar-refractivity contribution < 1.29 is 9.53 Å². The van der Waals surface area contributed by atoms with Crippen molar-refractivity contribution in [1.29, 1.82) is 0 Å². The summed E-state index contributed by atoms with van der Waals surface area (Å²) >= 11 is 2.65. The lowest BCUT2D eigenvalue weighted by molar-refractivity contribution is -0.115. The molecule has 0 saturated carbocycles. The molecule has 2 aromatic heterocycles. The minimum absolute atomic E-state index is 0.174. The number of anilines is 1. The minimum atomic E-state index is -0.434. The second-order valence-electron chi connectivity index (χ2n) is 7.63. The van der Waals surface area contributed by atoms with E-state index >= 15 is 0 Å². The first-order chi connectivity index (χ1) is 16.5. The van der Waals surface area contributed by atoms with E-state index in [0.29, 0.717) is 22.5 Å². The van der Waals surface area contributed by atoms with Gasteiger partial charge in [0.25, 0.3) is 0 Å². The smallest absolute Gasteiger partial charge is 0.239 e. The third kappa shape index (κ3) is 5.57. The Hall–Kier alpha value is -3.37. The van der Waals surface area contributed by atoms with Gasteiger partial charge in [-0.2, -0.15) is 0 Å². The van der Waals surface area contributed by atoms with Crippen molar-refractivity contribution in [1.82, 2.24) is 19.9 Å². The monoisotopic (exact) mass is 494 g/mol. The molecular weight excluding hydrogens is 468 g/mol. The Morgan fingerprint density at radius 2 is 1.85 bits per heavy atom. The second-order valence-corrected chi connectivity index (χ2v) is 9.80. The number of hydrogen-bond acceptors (Lipinski definition) is 8. The highest BCUT2D eigenvalue weighted by Gasteiger charge is 2.20. The summed E-state index contributed by atoms with van der Waals surface area (Å²) in [6, 6.07) is 16.0. The summed E-state index contributed by atoms with van der Waals surface area (Å²) in [5.41, 5.74) is 4.18. The molecule has 10 heteroatoms. The molecule has 0 aliphatic carbocycles. The van der Waals surface area contributed by atoms with Crippen LogP contribution in [0.15, 0.2) is 59.1 Å². The number of benzene rings is 2. The Labute approximate surface area is 206 Å². The molecule has 3 N–H and O–H groups in total. The highest BCUT2D eigenvalue weighted by atomic mass is 32.2. The lowest BCUT2D eigenvalue weighted by atomic mass is 10.1. The van der Waals surface area contributed by atoms with Crippen molar-refractivity contribution in [2.45, 2.75) is 37.1 Å². The number of aryl methyl sites for hydroxylation is 1. The van der Waals surface area contributed by atoms with Gasteiger partial charge in [0, 0.05) is 17.4 Å². The molecule has 0 fully saturated rings. The van der Waals surface area contributed by atoms with Gasteiger partial charge in [0.15, 0.2) is 11.0 Å². The number of thioether (sulfide) groups is 1. The van der Waals surface area contributed by atoms with E-state index in [-0.39, 0.29) is 5.91 Å². The largest absolute Gasteiger partial charge is 0.497 e. The van der Waals surface area contributed by atoms with Crippen LogP contribution in [0.2, 0.25) is 0 Å². The molecule has 2 aromatic carbocycles. The Kier molecular flexibility index (Phi) is 7.49. The number of ether oxygens (including phenoxy) is 1. The van der Waals surface area contributed by atoms with Crippen molar-refractivity contribution in [3.8, 4) is 17.0 Å². The van der Waals surface area contributed by atoms with E-state index in [1.165, 1.54) is 33.3 Å². The molecule has 0 spiro atoms. The molecule has 2 heterocycles. The van der Waals surface area contributed by atoms with Crippen molar-refractivity contribution >= 4 is 34.1 Å². The van der Waals surface area contributed by atoms with Gasteiger partial charge in [-0.3, -0.25) is 4.79 Å². The Morgan fingerprint density at radius 1 is 1.15 bits per heavy atom. The van der Waals surface area contributed by atoms with Crippen LogP contribution in [0.25, 0.3) is 11.3 Å². The van der Waals surface area contributed by atoms with Crippen molar-refractivity contribution in [3.63, 3.8) is 0 Å². The maximum Gasteiger partial charge on any atom is 0.239 e. The van der Waals surface area contributed by atoms with Gasteiger partial charge in [-0.25, -0.2) is 9.66 Å². The third-order valence-corrected chi connectivity index (χ3v) is 7.11. The van der Waals surface area contributed by atoms with Crippen molar-refractivity contribution in [2.75, 3.05) is 18.3 Å². The van der Waals surface area contributed by atoms with Gasteiger partial charge in [-0.05, 0) is 36.6 Å². The number of nitrogens with one attached hydrogen (secondary N) is 1. The standard InChI is InChI=1S/C24H26N6O2S2/c1-4-16-5-9-18(10-6-16)20-14-33-23(26-20)27-22(31)15(2)34-24-29-28-21(30(24)25)13-17-7-11-19(32-3)12-8-17/h5-12,14-15H,4,13,25H2,1-3H3,(H,26,27,31). The van der Waals surface area contributed by atoms with Crippen LogP contribution in [0.1, 0.15) is 30.8 Å². The van der Waals surface area contributed by atoms with E-state index < -0.39 is 5.25 Å². The number of amides is 1. The molecule has 8 nitrogen and oxygen atoms in total. The summed E-state index contributed by atoms with van der Waals surface area (Å²) in [7, 11) is 1.63. The Bertz CT molecular complexity index is 1250. The molecular formula is C24H26N6O2S2. The van der Waals surface area contributed by atoms with Crippen LogP contribution in [-0.2, 0) is 17.6 Å². The molecule has 1 unspecified atom stereocenters. The number of nitrogens with two attached hydrogens (primary N) is 1. The summed E-state index contributed by atoms with van der Waals surface area (Å²) in [6.45, 7) is 3.93. The summed E-state index contributed by atoms with van der Waals surface area (Å²) in [6.07, 6.45) is 1.52. The topological polar surface area (TPSA) is 108 Å². The van der Waals surface area contributed by atoms with Gasteiger partial charge in [0.05, 0.1) is 18.1 Å². The van der Waals surface area contributed by atoms with Gasteiger partial charge in [-0.15, -0.1) is 21.5 Å². The molecule has 1 amide bonds. The normalized spacial score (nSPS) is 11.9. The van der Waals surface area contributed by atoms with Gasteiger partial charge < -0.3 is 15.9 Å². The maximum absolute atomic E-state index is 12.7. The molecule has 176 valence electrons. The Balaban J connectivity index is 1.36. The number of thiazole rings is 1. The van der Waals surface area contributed by atoms with E-state index in [0.717, 1.165) is 29.0 Å². The zero-order valence-electron chi connectivity index (χ0n) is 19.2. The van der Waals surface area contributed by atoms with Crippen molar-refractivity contribution in [3.05, 3.63) is 70.9 Å². The SMILES string of the molecule is CCc1ccc(-c2csc(NC(=O)C(C)Sc3nnc(Cc4ccc(OC)cc4)n3N)n2)cc1. The predicted octanol–water partition coefficient (Wildman–Crippen LogP) is 4.40. The zero-order chi connectivity index (χ0) is 24.1. The van der Waals surface area contributed by atoms with Crippen LogP contribution in [0.3, 0.4) is 0 Å². The average Bonchev–Trinajstić information content (AvgIpc) is 3.46. The van der Waals surface area contributed by atoms with E-state index in [1.807, 2.05) is 29.6 Å². The first-order valence-electron chi connectivity index (χ1n) is 10.8. The molecule has 0 radical (unpaired) electrons. The second kappa shape index (κ2) is 10.7. The van der Waals surface area contributed by atoms with Gasteiger partial charge in [0.2, 0.25) is 11.1 Å². The number of aromatic nitrogens is 4. The molecule has 4 aromatic rings. The highest BCUT2D eigenvalue weighted by molar-refractivity contribution is 8.00. The minimum Gasteiger partial charge on any atom is -0.497 e. The highest BCUT2D eigenvalue weighted by Crippen LogP contribution is 2.27. The van der Waals surface area contributed by atoms with E-state index in [9.17, 15) is 4.79 Å². The summed E-state index contributed by atoms with van der Waals surface area (Å²) in [5, 5.41) is 13.8. The molecule has 0 bridgehead atoms. The van der Waals surface area contributed by atoms with Crippen LogP contribution < -0.4 is 15.9 Å². The van der Waals surface area contributed by atoms with Gasteiger partial charge >= 0.3 is 0 Å². The average molecular weight is 495 g/mol. The lowest BCUT2D eigenvalue weighted by Crippen LogP contribution is -2.23. The van der Waals surface area contributed by atoms with Crippen LogP contribution in [0.5, 0.6) is 5.75 Å². The fraction of sp³-hybridized carbons (Fsp3) is 0.250. The van der Waals surface area contributed by atoms with Crippen LogP contribution in [-0.4, -0.2) is 38.1 Å². The fourth-order valence-electron chi connectivity index (χ4n) is 3.23. The number of carbonyl (C=O) groups is 1. The number of methoxy groups -OCH3 is 1. The van der Waals surface area contributed by atoms with E-state index in [2.05, 4.69) is 51.7 Å². The van der Waals surface area contributed by atoms with Crippen LogP contribution in [0, 0.1) is 0 Å². The summed E-state index contributed by atoms with van der Waals surface area (Å²) in [5.74, 6) is 7.42. The number of rotatable bonds is 9. The fourth-order valence-corrected chi connectivity index (χ4v) is 4.74. The quantitative estimate of drug-likeness (QED) is 0.262. The van der Waals surface area contributed by atoms with Crippen LogP contribution in [0.4, 0.5) is 5.13 Å². The molecule has 1 atom stereocenters. The number of nitrogens with zero attached hydrogens (tertiary/aromatic N) is 4. The molecule has 4 rings (SSSR count). The van der Waals surface area contributed by atoms with E-state index in [1.54, 1.807) is 14.0 Å². The molecule has 0 aliphatic heterocycles. The Morgan fingerprint density at radius 3 is 2.53 bits per heavy atom. The molecule has 0 aliphatic rings. The van der Waals surface area contributed by atoms with Crippen molar-refractivity contribution in [2.24, 2.45) is 0 Å². The summed E-state index contributed by atoms with van der Waals surface area (Å²) < 4.78 is 6.62. The summed E-state index contributed by atoms with van der Waals surface area (Å²) in [4.78, 5) is 17.3. The number of nitrogen functional groups attached to an aromatic ring is 1. The first kappa shape index (κ1) is 23.8. The molecule has 34 heavy (non-hydrogen) atoms. The predicted molar refractivity (Wildman–Crippen MR) is 137 cm³/mol. The lowest BCUT2D eigenvalue weighted by Gasteiger charge is -2.10. The first-order valence-corrected chi connectivity index (χ1v) is 12.6. The maximum atomic E-state index is 12.7. The number of hydrogen-bond donors (Lipinski definition) is 2. The number of carbonyl (C=O) groups excluding carboxylic acids is 1. The van der Waals surface area contributed by atoms with Gasteiger partial charge in [-0.1, -0.05) is 55.1 Å².